The third kappa shape index (κ3) is 3.46. The number of carbonyl (C=O) groups excluding carboxylic acids is 1. The number of ether oxygens (including phenoxy) is 1. The summed E-state index contributed by atoms with van der Waals surface area (Å²) in [4.78, 5) is 24.7. The normalized spacial score (nSPS) is 10.9. The number of aromatic nitrogens is 1. The first-order valence-electron chi connectivity index (χ1n) is 4.45. The zero-order valence-electron chi connectivity index (χ0n) is 8.85. The summed E-state index contributed by atoms with van der Waals surface area (Å²) >= 11 is 0. The van der Waals surface area contributed by atoms with Gasteiger partial charge in [-0.2, -0.15) is 0 Å². The fraction of sp³-hybridized carbons (Fsp3) is 0.400. The smallest absolute Gasteiger partial charge is 0.318 e. The van der Waals surface area contributed by atoms with Crippen molar-refractivity contribution >= 4 is 5.91 Å². The Bertz CT molecular complexity index is 365. The largest absolute Gasteiger partial charge is 0.472 e. The van der Waals surface area contributed by atoms with Crippen LogP contribution < -0.4 is 4.74 Å². The highest BCUT2D eigenvalue weighted by molar-refractivity contribution is 5.94. The molecule has 15 heavy (non-hydrogen) atoms. The summed E-state index contributed by atoms with van der Waals surface area (Å²) < 4.78 is 5.44. The van der Waals surface area contributed by atoms with E-state index in [9.17, 15) is 9.70 Å². The highest BCUT2D eigenvalue weighted by Crippen LogP contribution is 2.15. The molecule has 0 bridgehead atoms. The van der Waals surface area contributed by atoms with Crippen molar-refractivity contribution in [3.63, 3.8) is 0 Å². The number of rotatable bonds is 2. The van der Waals surface area contributed by atoms with Gasteiger partial charge < -0.3 is 4.74 Å². The number of pyridine rings is 1. The van der Waals surface area contributed by atoms with E-state index >= 15 is 0 Å². The molecule has 1 aromatic heterocycles. The summed E-state index contributed by atoms with van der Waals surface area (Å²) in [5, 5.41) is 2.29. The van der Waals surface area contributed by atoms with Gasteiger partial charge in [-0.15, -0.1) is 4.91 Å². The molecular formula is C10H12N2O3. The van der Waals surface area contributed by atoms with Crippen LogP contribution in [0.3, 0.4) is 0 Å². The van der Waals surface area contributed by atoms with Crippen LogP contribution in [0.25, 0.3) is 0 Å². The fourth-order valence-corrected chi connectivity index (χ4v) is 0.934. The summed E-state index contributed by atoms with van der Waals surface area (Å²) in [5.74, 6) is -0.422. The van der Waals surface area contributed by atoms with Gasteiger partial charge in [-0.25, -0.2) is 4.98 Å². The van der Waals surface area contributed by atoms with Crippen LogP contribution in [0.5, 0.6) is 5.88 Å². The fourth-order valence-electron chi connectivity index (χ4n) is 0.934. The maximum Gasteiger partial charge on any atom is 0.318 e. The molecule has 0 aromatic carbocycles. The second kappa shape index (κ2) is 4.16. The van der Waals surface area contributed by atoms with Crippen LogP contribution in [-0.4, -0.2) is 16.5 Å². The van der Waals surface area contributed by atoms with Gasteiger partial charge in [0.25, 0.3) is 0 Å². The number of amides is 1. The van der Waals surface area contributed by atoms with Crippen LogP contribution in [0.4, 0.5) is 0 Å². The van der Waals surface area contributed by atoms with Crippen molar-refractivity contribution < 1.29 is 9.53 Å². The third-order valence-corrected chi connectivity index (χ3v) is 1.48. The summed E-state index contributed by atoms with van der Waals surface area (Å²) in [6, 6.07) is 2.99. The number of hydrogen-bond acceptors (Lipinski definition) is 4. The number of carbonyl (C=O) groups is 1. The minimum absolute atomic E-state index is 0.159. The molecule has 5 heteroatoms. The van der Waals surface area contributed by atoms with Gasteiger partial charge in [-0.3, -0.25) is 4.79 Å². The van der Waals surface area contributed by atoms with Crippen LogP contribution >= 0.6 is 0 Å². The van der Waals surface area contributed by atoms with E-state index in [2.05, 4.69) is 10.2 Å². The third-order valence-electron chi connectivity index (χ3n) is 1.48. The summed E-state index contributed by atoms with van der Waals surface area (Å²) in [6.45, 7) is 5.67. The van der Waals surface area contributed by atoms with Crippen LogP contribution in [0.1, 0.15) is 31.1 Å². The monoisotopic (exact) mass is 208 g/mol. The van der Waals surface area contributed by atoms with Gasteiger partial charge in [-0.05, 0) is 26.8 Å². The molecule has 0 aliphatic heterocycles. The van der Waals surface area contributed by atoms with Crippen molar-refractivity contribution in [3.8, 4) is 5.88 Å². The van der Waals surface area contributed by atoms with E-state index in [0.29, 0.717) is 5.88 Å². The first kappa shape index (κ1) is 11.3. The van der Waals surface area contributed by atoms with E-state index in [1.54, 1.807) is 0 Å². The van der Waals surface area contributed by atoms with E-state index < -0.39 is 5.91 Å². The van der Waals surface area contributed by atoms with Gasteiger partial charge in [-0.1, -0.05) is 0 Å². The molecule has 1 aromatic rings. The topological polar surface area (TPSA) is 68.6 Å². The standard InChI is InChI=1S/C10H12N2O3/c1-10(2,3)15-8-5-4-7(6-11-8)9(13)12-14/h4-6H,1-3H3. The van der Waals surface area contributed by atoms with Crippen molar-refractivity contribution in [1.82, 2.24) is 4.98 Å². The van der Waals surface area contributed by atoms with Gasteiger partial charge in [0.15, 0.2) is 0 Å². The molecule has 0 fully saturated rings. The molecule has 0 N–H and O–H groups in total. The quantitative estimate of drug-likeness (QED) is 0.698. The summed E-state index contributed by atoms with van der Waals surface area (Å²) in [5.41, 5.74) is -0.187. The lowest BCUT2D eigenvalue weighted by Gasteiger charge is -2.19. The zero-order valence-corrected chi connectivity index (χ0v) is 8.85. The van der Waals surface area contributed by atoms with Crippen molar-refractivity contribution in [2.24, 2.45) is 5.18 Å². The van der Waals surface area contributed by atoms with Gasteiger partial charge in [0.1, 0.15) is 5.60 Å². The molecule has 0 radical (unpaired) electrons. The molecule has 0 atom stereocenters. The number of nitrogens with zero attached hydrogens (tertiary/aromatic N) is 2. The molecular weight excluding hydrogens is 196 g/mol. The molecule has 5 nitrogen and oxygen atoms in total. The Kier molecular flexibility index (Phi) is 3.14. The van der Waals surface area contributed by atoms with E-state index in [1.807, 2.05) is 20.8 Å². The Morgan fingerprint density at radius 2 is 2.07 bits per heavy atom. The SMILES string of the molecule is CC(C)(C)Oc1ccc(C(=O)N=O)cn1. The minimum atomic E-state index is -0.829. The summed E-state index contributed by atoms with van der Waals surface area (Å²) in [6.07, 6.45) is 1.27. The van der Waals surface area contributed by atoms with E-state index in [1.165, 1.54) is 18.3 Å². The molecule has 0 saturated carbocycles. The van der Waals surface area contributed by atoms with Gasteiger partial charge >= 0.3 is 5.91 Å². The Labute approximate surface area is 87.4 Å². The van der Waals surface area contributed by atoms with Gasteiger partial charge in [0.05, 0.1) is 5.56 Å². The predicted octanol–water partition coefficient (Wildman–Crippen LogP) is 2.17. The lowest BCUT2D eigenvalue weighted by Crippen LogP contribution is -2.23. The highest BCUT2D eigenvalue weighted by atomic mass is 16.5. The Morgan fingerprint density at radius 3 is 2.47 bits per heavy atom. The van der Waals surface area contributed by atoms with Crippen LogP contribution in [0.2, 0.25) is 0 Å². The van der Waals surface area contributed by atoms with Gasteiger partial charge in [0, 0.05) is 17.4 Å². The maximum absolute atomic E-state index is 10.8. The molecule has 1 rings (SSSR count). The Morgan fingerprint density at radius 1 is 1.40 bits per heavy atom. The average molecular weight is 208 g/mol. The lowest BCUT2D eigenvalue weighted by molar-refractivity contribution is 0.1000. The number of nitroso groups, excluding NO2 is 1. The van der Waals surface area contributed by atoms with E-state index in [-0.39, 0.29) is 11.2 Å². The molecule has 80 valence electrons. The molecule has 0 unspecified atom stereocenters. The Balaban J connectivity index is 2.81. The molecule has 1 heterocycles. The maximum atomic E-state index is 10.8. The van der Waals surface area contributed by atoms with Crippen molar-refractivity contribution in [1.29, 1.82) is 0 Å². The minimum Gasteiger partial charge on any atom is -0.472 e. The molecule has 0 spiro atoms. The molecule has 1 amide bonds. The first-order chi connectivity index (χ1) is 6.92. The highest BCUT2D eigenvalue weighted by Gasteiger charge is 2.13. The van der Waals surface area contributed by atoms with Crippen molar-refractivity contribution in [2.45, 2.75) is 26.4 Å². The molecule has 0 aliphatic carbocycles. The van der Waals surface area contributed by atoms with Crippen LogP contribution in [0, 0.1) is 4.91 Å². The number of hydrogen-bond donors (Lipinski definition) is 0. The van der Waals surface area contributed by atoms with Crippen LogP contribution in [0.15, 0.2) is 23.5 Å². The van der Waals surface area contributed by atoms with Crippen LogP contribution in [-0.2, 0) is 0 Å². The second-order valence-electron chi connectivity index (χ2n) is 4.00. The second-order valence-corrected chi connectivity index (χ2v) is 4.00. The summed E-state index contributed by atoms with van der Waals surface area (Å²) in [7, 11) is 0. The predicted molar refractivity (Wildman–Crippen MR) is 54.7 cm³/mol. The average Bonchev–Trinajstić information content (AvgIpc) is 2.15. The zero-order chi connectivity index (χ0) is 11.5. The van der Waals surface area contributed by atoms with Crippen molar-refractivity contribution in [2.75, 3.05) is 0 Å². The molecule has 0 aliphatic rings. The van der Waals surface area contributed by atoms with E-state index in [4.69, 9.17) is 4.74 Å². The first-order valence-corrected chi connectivity index (χ1v) is 4.45. The Hall–Kier alpha value is -1.78. The van der Waals surface area contributed by atoms with Gasteiger partial charge in [0.2, 0.25) is 5.88 Å². The van der Waals surface area contributed by atoms with E-state index in [0.717, 1.165) is 0 Å². The lowest BCUT2D eigenvalue weighted by atomic mass is 10.2. The van der Waals surface area contributed by atoms with Crippen molar-refractivity contribution in [3.05, 3.63) is 28.8 Å². The molecule has 0 saturated heterocycles.